The maximum atomic E-state index is 11.5. The Hall–Kier alpha value is -1.40. The highest BCUT2D eigenvalue weighted by Gasteiger charge is 2.13. The van der Waals surface area contributed by atoms with Crippen LogP contribution in [0.5, 0.6) is 0 Å². The third-order valence-electron chi connectivity index (χ3n) is 2.53. The Balaban J connectivity index is 2.03. The predicted molar refractivity (Wildman–Crippen MR) is 66.7 cm³/mol. The zero-order valence-electron chi connectivity index (χ0n) is 11.1. The third-order valence-corrected chi connectivity index (χ3v) is 2.53. The summed E-state index contributed by atoms with van der Waals surface area (Å²) in [7, 11) is 1.23. The summed E-state index contributed by atoms with van der Waals surface area (Å²) in [6.45, 7) is 1.49. The Morgan fingerprint density at radius 2 is 2.05 bits per heavy atom. The molecule has 1 heterocycles. The Kier molecular flexibility index (Phi) is 7.84. The van der Waals surface area contributed by atoms with Gasteiger partial charge in [-0.2, -0.15) is 0 Å². The normalized spacial score (nSPS) is 16.5. The average Bonchev–Trinajstić information content (AvgIpc) is 2.44. The van der Waals surface area contributed by atoms with Gasteiger partial charge in [0.2, 0.25) is 0 Å². The molecule has 1 fully saturated rings. The molecule has 1 saturated heterocycles. The summed E-state index contributed by atoms with van der Waals surface area (Å²) in [5, 5.41) is 0. The molecule has 6 heteroatoms. The van der Waals surface area contributed by atoms with E-state index < -0.39 is 6.16 Å². The molecule has 19 heavy (non-hydrogen) atoms. The lowest BCUT2D eigenvalue weighted by Gasteiger charge is -2.22. The highest BCUT2D eigenvalue weighted by molar-refractivity contribution is 5.89. The number of ketones is 1. The Morgan fingerprint density at radius 3 is 2.74 bits per heavy atom. The molecular weight excluding hydrogens is 252 g/mol. The zero-order chi connectivity index (χ0) is 13.9. The van der Waals surface area contributed by atoms with Gasteiger partial charge in [0, 0.05) is 6.42 Å². The molecule has 1 aliphatic rings. The van der Waals surface area contributed by atoms with Crippen LogP contribution >= 0.6 is 0 Å². The van der Waals surface area contributed by atoms with Crippen LogP contribution in [0.25, 0.3) is 0 Å². The third kappa shape index (κ3) is 7.58. The van der Waals surface area contributed by atoms with Gasteiger partial charge in [0.25, 0.3) is 0 Å². The SMILES string of the molecule is COC(=O)OC/C=C/C(=O)CCCC1OCCCO1. The number of rotatable bonds is 7. The number of hydrogen-bond donors (Lipinski definition) is 0. The summed E-state index contributed by atoms with van der Waals surface area (Å²) >= 11 is 0. The molecule has 0 aromatic rings. The second-order valence-electron chi connectivity index (χ2n) is 4.05. The van der Waals surface area contributed by atoms with Gasteiger partial charge in [-0.25, -0.2) is 4.79 Å². The molecule has 1 rings (SSSR count). The van der Waals surface area contributed by atoms with Crippen molar-refractivity contribution in [3.63, 3.8) is 0 Å². The Labute approximate surface area is 112 Å². The van der Waals surface area contributed by atoms with Crippen LogP contribution in [0.1, 0.15) is 25.7 Å². The van der Waals surface area contributed by atoms with Gasteiger partial charge < -0.3 is 18.9 Å². The van der Waals surface area contributed by atoms with Crippen molar-refractivity contribution in [2.75, 3.05) is 26.9 Å². The van der Waals surface area contributed by atoms with Crippen molar-refractivity contribution in [1.82, 2.24) is 0 Å². The summed E-state index contributed by atoms with van der Waals surface area (Å²) in [6.07, 6.45) is 4.76. The molecule has 0 unspecified atom stereocenters. The van der Waals surface area contributed by atoms with Gasteiger partial charge in [0.15, 0.2) is 12.1 Å². The predicted octanol–water partition coefficient (Wildman–Crippen LogP) is 1.83. The van der Waals surface area contributed by atoms with Crippen molar-refractivity contribution in [3.8, 4) is 0 Å². The first kappa shape index (κ1) is 15.7. The monoisotopic (exact) mass is 272 g/mol. The second kappa shape index (κ2) is 9.52. The first-order chi connectivity index (χ1) is 9.22. The molecule has 0 spiro atoms. The van der Waals surface area contributed by atoms with Gasteiger partial charge in [0.1, 0.15) is 6.61 Å². The van der Waals surface area contributed by atoms with Crippen LogP contribution in [0.15, 0.2) is 12.2 Å². The average molecular weight is 272 g/mol. The molecule has 0 N–H and O–H groups in total. The molecule has 108 valence electrons. The van der Waals surface area contributed by atoms with Crippen LogP contribution in [-0.2, 0) is 23.7 Å². The molecule has 0 amide bonds. The molecule has 0 aliphatic carbocycles. The zero-order valence-corrected chi connectivity index (χ0v) is 11.1. The van der Waals surface area contributed by atoms with E-state index in [9.17, 15) is 9.59 Å². The Bertz CT molecular complexity index is 306. The van der Waals surface area contributed by atoms with Crippen molar-refractivity contribution in [3.05, 3.63) is 12.2 Å². The first-order valence-electron chi connectivity index (χ1n) is 6.35. The van der Waals surface area contributed by atoms with E-state index in [2.05, 4.69) is 9.47 Å². The van der Waals surface area contributed by atoms with Crippen LogP contribution in [0.2, 0.25) is 0 Å². The standard InChI is InChI=1S/C13H20O6/c1-16-13(15)19-8-3-6-11(14)5-2-7-12-17-9-4-10-18-12/h3,6,12H,2,4-5,7-10H2,1H3/b6-3+. The van der Waals surface area contributed by atoms with Crippen LogP contribution < -0.4 is 0 Å². The molecule has 0 atom stereocenters. The number of carbonyl (C=O) groups excluding carboxylic acids is 2. The van der Waals surface area contributed by atoms with Crippen molar-refractivity contribution < 1.29 is 28.5 Å². The van der Waals surface area contributed by atoms with Gasteiger partial charge in [-0.05, 0) is 31.4 Å². The lowest BCUT2D eigenvalue weighted by molar-refractivity contribution is -0.181. The summed E-state index contributed by atoms with van der Waals surface area (Å²) in [5.41, 5.74) is 0. The minimum absolute atomic E-state index is 0.00993. The molecule has 6 nitrogen and oxygen atoms in total. The van der Waals surface area contributed by atoms with E-state index >= 15 is 0 Å². The van der Waals surface area contributed by atoms with Gasteiger partial charge in [-0.15, -0.1) is 0 Å². The lowest BCUT2D eigenvalue weighted by Crippen LogP contribution is -2.24. The van der Waals surface area contributed by atoms with E-state index in [4.69, 9.17) is 9.47 Å². The molecule has 0 aromatic carbocycles. The van der Waals surface area contributed by atoms with Gasteiger partial charge in [-0.3, -0.25) is 4.79 Å². The van der Waals surface area contributed by atoms with Crippen molar-refractivity contribution >= 4 is 11.9 Å². The second-order valence-corrected chi connectivity index (χ2v) is 4.05. The first-order valence-corrected chi connectivity index (χ1v) is 6.35. The number of carbonyl (C=O) groups is 2. The van der Waals surface area contributed by atoms with Crippen LogP contribution in [-0.4, -0.2) is 45.2 Å². The van der Waals surface area contributed by atoms with E-state index in [1.807, 2.05) is 0 Å². The molecular formula is C13H20O6. The summed E-state index contributed by atoms with van der Waals surface area (Å²) in [4.78, 5) is 22.1. The number of methoxy groups -OCH3 is 1. The van der Waals surface area contributed by atoms with E-state index in [-0.39, 0.29) is 18.7 Å². The topological polar surface area (TPSA) is 71.1 Å². The fraction of sp³-hybridized carbons (Fsp3) is 0.692. The van der Waals surface area contributed by atoms with Gasteiger partial charge >= 0.3 is 6.16 Å². The van der Waals surface area contributed by atoms with E-state index in [0.29, 0.717) is 12.8 Å². The summed E-state index contributed by atoms with van der Waals surface area (Å²) in [6, 6.07) is 0. The van der Waals surface area contributed by atoms with Gasteiger partial charge in [-0.1, -0.05) is 0 Å². The fourth-order valence-corrected chi connectivity index (χ4v) is 1.58. The molecule has 0 bridgehead atoms. The maximum absolute atomic E-state index is 11.5. The minimum Gasteiger partial charge on any atom is -0.438 e. The lowest BCUT2D eigenvalue weighted by atomic mass is 10.1. The number of allylic oxidation sites excluding steroid dienone is 1. The van der Waals surface area contributed by atoms with Gasteiger partial charge in [0.05, 0.1) is 20.3 Å². The molecule has 0 saturated carbocycles. The van der Waals surface area contributed by atoms with Crippen molar-refractivity contribution in [2.45, 2.75) is 32.0 Å². The van der Waals surface area contributed by atoms with Crippen molar-refractivity contribution in [2.24, 2.45) is 0 Å². The molecule has 0 aromatic heterocycles. The van der Waals surface area contributed by atoms with Crippen LogP contribution in [0.4, 0.5) is 4.79 Å². The smallest absolute Gasteiger partial charge is 0.438 e. The number of hydrogen-bond acceptors (Lipinski definition) is 6. The summed E-state index contributed by atoms with van der Waals surface area (Å²) < 4.78 is 19.6. The highest BCUT2D eigenvalue weighted by Crippen LogP contribution is 2.12. The van der Waals surface area contributed by atoms with Crippen LogP contribution in [0, 0.1) is 0 Å². The van der Waals surface area contributed by atoms with Crippen molar-refractivity contribution in [1.29, 1.82) is 0 Å². The maximum Gasteiger partial charge on any atom is 0.508 e. The highest BCUT2D eigenvalue weighted by atomic mass is 16.7. The fourth-order valence-electron chi connectivity index (χ4n) is 1.58. The Morgan fingerprint density at radius 1 is 1.32 bits per heavy atom. The van der Waals surface area contributed by atoms with Crippen LogP contribution in [0.3, 0.4) is 0 Å². The largest absolute Gasteiger partial charge is 0.508 e. The number of ether oxygens (including phenoxy) is 4. The summed E-state index contributed by atoms with van der Waals surface area (Å²) in [5.74, 6) is -0.00993. The molecule has 1 aliphatic heterocycles. The quantitative estimate of drug-likeness (QED) is 0.520. The molecule has 0 radical (unpaired) electrons. The van der Waals surface area contributed by atoms with E-state index in [1.165, 1.54) is 19.3 Å². The minimum atomic E-state index is -0.760. The van der Waals surface area contributed by atoms with E-state index in [0.717, 1.165) is 26.1 Å². The van der Waals surface area contributed by atoms with E-state index in [1.54, 1.807) is 0 Å².